The van der Waals surface area contributed by atoms with Gasteiger partial charge in [0.1, 0.15) is 0 Å². The fraction of sp³-hybridized carbons (Fsp3) is 0.500. The molecule has 1 aromatic carbocycles. The summed E-state index contributed by atoms with van der Waals surface area (Å²) in [5, 5.41) is 12.7. The number of carbonyl (C=O) groups excluding carboxylic acids is 1. The minimum atomic E-state index is 0.267. The molecule has 1 unspecified atom stereocenters. The first-order valence-corrected chi connectivity index (χ1v) is 11.1. The number of hydrogen-bond acceptors (Lipinski definition) is 5. The van der Waals surface area contributed by atoms with Gasteiger partial charge >= 0.3 is 0 Å². The molecule has 2 aromatic rings. The van der Waals surface area contributed by atoms with E-state index in [1.54, 1.807) is 11.3 Å². The number of nitrogens with one attached hydrogen (secondary N) is 3. The summed E-state index contributed by atoms with van der Waals surface area (Å²) >= 11 is 1.78. The SMILES string of the molecule is CC(C)Nc1ccccc1NCCNCc1cc(C2CCCCN2C=O)cs1. The smallest absolute Gasteiger partial charge is 0.210 e. The third-order valence-electron chi connectivity index (χ3n) is 5.03. The van der Waals surface area contributed by atoms with Crippen molar-refractivity contribution in [3.63, 3.8) is 0 Å². The summed E-state index contributed by atoms with van der Waals surface area (Å²) in [7, 11) is 0. The summed E-state index contributed by atoms with van der Waals surface area (Å²) in [5.41, 5.74) is 3.58. The molecular formula is C22H32N4OS. The number of likely N-dealkylation sites (tertiary alicyclic amines) is 1. The topological polar surface area (TPSA) is 56.4 Å². The Morgan fingerprint density at radius 1 is 1.21 bits per heavy atom. The summed E-state index contributed by atoms with van der Waals surface area (Å²) in [6, 6.07) is 11.3. The number of thiophene rings is 1. The summed E-state index contributed by atoms with van der Waals surface area (Å²) in [4.78, 5) is 14.6. The maximum absolute atomic E-state index is 11.3. The van der Waals surface area contributed by atoms with E-state index in [1.807, 2.05) is 4.90 Å². The number of piperidine rings is 1. The maximum Gasteiger partial charge on any atom is 0.210 e. The van der Waals surface area contributed by atoms with Gasteiger partial charge in [0.05, 0.1) is 17.4 Å². The first-order chi connectivity index (χ1) is 13.7. The standard InChI is InChI=1S/C22H32N4OS/c1-17(2)25-21-8-4-3-7-20(21)24-11-10-23-14-19-13-18(15-28-19)22-9-5-6-12-26(22)16-27/h3-4,7-8,13,15-17,22-25H,5-6,9-12,14H2,1-2H3. The van der Waals surface area contributed by atoms with E-state index in [1.165, 1.54) is 16.9 Å². The van der Waals surface area contributed by atoms with Crippen molar-refractivity contribution in [2.75, 3.05) is 30.3 Å². The van der Waals surface area contributed by atoms with Gasteiger partial charge in [0.15, 0.2) is 0 Å². The molecule has 28 heavy (non-hydrogen) atoms. The molecule has 3 N–H and O–H groups in total. The second kappa shape index (κ2) is 10.5. The zero-order valence-electron chi connectivity index (χ0n) is 16.9. The summed E-state index contributed by atoms with van der Waals surface area (Å²) < 4.78 is 0. The Balaban J connectivity index is 1.43. The van der Waals surface area contributed by atoms with Crippen LogP contribution < -0.4 is 16.0 Å². The molecule has 1 fully saturated rings. The lowest BCUT2D eigenvalue weighted by molar-refractivity contribution is -0.121. The fourth-order valence-electron chi connectivity index (χ4n) is 3.67. The lowest BCUT2D eigenvalue weighted by Gasteiger charge is -2.32. The molecule has 1 amide bonds. The molecule has 1 aliphatic rings. The van der Waals surface area contributed by atoms with Gasteiger partial charge in [-0.05, 0) is 62.3 Å². The molecule has 152 valence electrons. The molecule has 0 bridgehead atoms. The molecule has 1 aliphatic heterocycles. The molecule has 6 heteroatoms. The van der Waals surface area contributed by atoms with E-state index in [2.05, 4.69) is 65.5 Å². The van der Waals surface area contributed by atoms with E-state index >= 15 is 0 Å². The average Bonchev–Trinajstić information content (AvgIpc) is 3.17. The Morgan fingerprint density at radius 2 is 2.04 bits per heavy atom. The van der Waals surface area contributed by atoms with Crippen LogP contribution in [-0.4, -0.2) is 37.0 Å². The van der Waals surface area contributed by atoms with Crippen LogP contribution in [0, 0.1) is 0 Å². The normalized spacial score (nSPS) is 17.0. The van der Waals surface area contributed by atoms with Gasteiger partial charge in [-0.2, -0.15) is 0 Å². The molecule has 0 saturated carbocycles. The Bertz CT molecular complexity index is 746. The van der Waals surface area contributed by atoms with Crippen LogP contribution in [0.15, 0.2) is 35.7 Å². The van der Waals surface area contributed by atoms with E-state index in [0.29, 0.717) is 6.04 Å². The summed E-state index contributed by atoms with van der Waals surface area (Å²) in [6.07, 6.45) is 4.42. The van der Waals surface area contributed by atoms with Gasteiger partial charge in [0.2, 0.25) is 6.41 Å². The summed E-state index contributed by atoms with van der Waals surface area (Å²) in [6.45, 7) is 7.82. The molecular weight excluding hydrogens is 368 g/mol. The monoisotopic (exact) mass is 400 g/mol. The van der Waals surface area contributed by atoms with Crippen molar-refractivity contribution < 1.29 is 4.79 Å². The Labute approximate surface area is 172 Å². The van der Waals surface area contributed by atoms with Gasteiger partial charge in [0, 0.05) is 37.1 Å². The molecule has 0 radical (unpaired) electrons. The molecule has 0 spiro atoms. The highest BCUT2D eigenvalue weighted by atomic mass is 32.1. The van der Waals surface area contributed by atoms with Gasteiger partial charge in [-0.1, -0.05) is 12.1 Å². The van der Waals surface area contributed by atoms with E-state index in [-0.39, 0.29) is 6.04 Å². The van der Waals surface area contributed by atoms with Crippen LogP contribution >= 0.6 is 11.3 Å². The fourth-order valence-corrected chi connectivity index (χ4v) is 4.58. The zero-order chi connectivity index (χ0) is 19.8. The van der Waals surface area contributed by atoms with Crippen LogP contribution in [-0.2, 0) is 11.3 Å². The third-order valence-corrected chi connectivity index (χ3v) is 5.98. The third kappa shape index (κ3) is 5.72. The predicted molar refractivity (Wildman–Crippen MR) is 119 cm³/mol. The summed E-state index contributed by atoms with van der Waals surface area (Å²) in [5.74, 6) is 0. The van der Waals surface area contributed by atoms with Crippen molar-refractivity contribution >= 4 is 29.1 Å². The molecule has 5 nitrogen and oxygen atoms in total. The van der Waals surface area contributed by atoms with Crippen molar-refractivity contribution in [3.05, 3.63) is 46.2 Å². The number of nitrogens with zero attached hydrogens (tertiary/aromatic N) is 1. The number of carbonyl (C=O) groups is 1. The minimum Gasteiger partial charge on any atom is -0.382 e. The Morgan fingerprint density at radius 3 is 2.82 bits per heavy atom. The average molecular weight is 401 g/mol. The molecule has 0 aliphatic carbocycles. The van der Waals surface area contributed by atoms with Crippen molar-refractivity contribution in [2.45, 2.75) is 51.7 Å². The quantitative estimate of drug-likeness (QED) is 0.407. The highest BCUT2D eigenvalue weighted by molar-refractivity contribution is 7.10. The lowest BCUT2D eigenvalue weighted by atomic mass is 9.98. The number of amides is 1. The van der Waals surface area contributed by atoms with Gasteiger partial charge in [-0.15, -0.1) is 11.3 Å². The lowest BCUT2D eigenvalue weighted by Crippen LogP contribution is -2.31. The van der Waals surface area contributed by atoms with Crippen LogP contribution in [0.2, 0.25) is 0 Å². The van der Waals surface area contributed by atoms with Crippen LogP contribution in [0.25, 0.3) is 0 Å². The molecule has 2 heterocycles. The molecule has 1 aromatic heterocycles. The molecule has 3 rings (SSSR count). The van der Waals surface area contributed by atoms with Crippen molar-refractivity contribution in [2.24, 2.45) is 0 Å². The number of benzene rings is 1. The van der Waals surface area contributed by atoms with E-state index in [4.69, 9.17) is 0 Å². The largest absolute Gasteiger partial charge is 0.382 e. The second-order valence-corrected chi connectivity index (χ2v) is 8.65. The van der Waals surface area contributed by atoms with E-state index in [0.717, 1.165) is 56.8 Å². The van der Waals surface area contributed by atoms with Crippen LogP contribution in [0.5, 0.6) is 0 Å². The highest BCUT2D eigenvalue weighted by Gasteiger charge is 2.23. The van der Waals surface area contributed by atoms with Gasteiger partial charge in [-0.3, -0.25) is 4.79 Å². The zero-order valence-corrected chi connectivity index (χ0v) is 17.7. The Hall–Kier alpha value is -2.05. The van der Waals surface area contributed by atoms with Crippen LogP contribution in [0.1, 0.15) is 49.6 Å². The maximum atomic E-state index is 11.3. The number of anilines is 2. The highest BCUT2D eigenvalue weighted by Crippen LogP contribution is 2.32. The number of para-hydroxylation sites is 2. The van der Waals surface area contributed by atoms with Crippen molar-refractivity contribution in [1.29, 1.82) is 0 Å². The van der Waals surface area contributed by atoms with Crippen LogP contribution in [0.4, 0.5) is 11.4 Å². The van der Waals surface area contributed by atoms with Crippen molar-refractivity contribution in [3.8, 4) is 0 Å². The molecule has 1 saturated heterocycles. The predicted octanol–water partition coefficient (Wildman–Crippen LogP) is 4.45. The van der Waals surface area contributed by atoms with Gasteiger partial charge in [0.25, 0.3) is 0 Å². The van der Waals surface area contributed by atoms with Gasteiger partial charge < -0.3 is 20.9 Å². The van der Waals surface area contributed by atoms with E-state index < -0.39 is 0 Å². The van der Waals surface area contributed by atoms with Crippen LogP contribution in [0.3, 0.4) is 0 Å². The number of rotatable bonds is 10. The second-order valence-electron chi connectivity index (χ2n) is 7.65. The first-order valence-electron chi connectivity index (χ1n) is 10.3. The van der Waals surface area contributed by atoms with E-state index in [9.17, 15) is 4.79 Å². The minimum absolute atomic E-state index is 0.267. The Kier molecular flexibility index (Phi) is 7.74. The van der Waals surface area contributed by atoms with Gasteiger partial charge in [-0.25, -0.2) is 0 Å². The number of hydrogen-bond donors (Lipinski definition) is 3. The molecule has 1 atom stereocenters. The van der Waals surface area contributed by atoms with Crippen molar-refractivity contribution in [1.82, 2.24) is 10.2 Å². The first kappa shape index (κ1) is 20.7.